The van der Waals surface area contributed by atoms with Gasteiger partial charge in [-0.3, -0.25) is 10.1 Å². The number of nitro benzene ring substituents is 1. The minimum absolute atomic E-state index is 0.0548. The standard InChI is InChI=1S/C9H7N3O3S/c13-8-2-1-6(12(14)15)5-7(8)11-9-10-3-4-16-9/h1-5,13H,(H,10,11). The Balaban J connectivity index is 2.32. The van der Waals surface area contributed by atoms with E-state index in [0.29, 0.717) is 5.13 Å². The number of phenols is 1. The van der Waals surface area contributed by atoms with E-state index in [2.05, 4.69) is 10.3 Å². The number of hydrogen-bond acceptors (Lipinski definition) is 6. The molecule has 7 heteroatoms. The quantitative estimate of drug-likeness (QED) is 0.486. The SMILES string of the molecule is O=[N+]([O-])c1ccc(O)c(Nc2nccs2)c1. The van der Waals surface area contributed by atoms with Gasteiger partial charge in [0.2, 0.25) is 0 Å². The highest BCUT2D eigenvalue weighted by molar-refractivity contribution is 7.13. The number of aromatic nitrogens is 1. The van der Waals surface area contributed by atoms with E-state index >= 15 is 0 Å². The number of rotatable bonds is 3. The zero-order valence-electron chi connectivity index (χ0n) is 7.95. The molecule has 0 aliphatic carbocycles. The fraction of sp³-hybridized carbons (Fsp3) is 0. The number of phenolic OH excluding ortho intramolecular Hbond substituents is 1. The van der Waals surface area contributed by atoms with Crippen molar-refractivity contribution in [1.29, 1.82) is 0 Å². The molecule has 82 valence electrons. The fourth-order valence-electron chi connectivity index (χ4n) is 1.14. The molecule has 0 radical (unpaired) electrons. The van der Waals surface area contributed by atoms with Crippen molar-refractivity contribution in [2.24, 2.45) is 0 Å². The number of nitro groups is 1. The van der Waals surface area contributed by atoms with Crippen molar-refractivity contribution < 1.29 is 10.0 Å². The van der Waals surface area contributed by atoms with Crippen LogP contribution >= 0.6 is 11.3 Å². The van der Waals surface area contributed by atoms with E-state index < -0.39 is 4.92 Å². The van der Waals surface area contributed by atoms with Crippen molar-refractivity contribution >= 4 is 27.8 Å². The molecule has 16 heavy (non-hydrogen) atoms. The summed E-state index contributed by atoms with van der Waals surface area (Å²) < 4.78 is 0. The second-order valence-corrected chi connectivity index (χ2v) is 3.82. The first-order valence-corrected chi connectivity index (χ1v) is 5.19. The monoisotopic (exact) mass is 237 g/mol. The number of anilines is 2. The normalized spacial score (nSPS) is 10.0. The molecule has 1 aromatic heterocycles. The molecule has 6 nitrogen and oxygen atoms in total. The van der Waals surface area contributed by atoms with Crippen LogP contribution in [-0.2, 0) is 0 Å². The van der Waals surface area contributed by atoms with Crippen molar-refractivity contribution in [1.82, 2.24) is 4.98 Å². The lowest BCUT2D eigenvalue weighted by Gasteiger charge is -2.04. The van der Waals surface area contributed by atoms with E-state index in [9.17, 15) is 15.2 Å². The van der Waals surface area contributed by atoms with Gasteiger partial charge >= 0.3 is 0 Å². The van der Waals surface area contributed by atoms with Crippen LogP contribution in [0, 0.1) is 10.1 Å². The van der Waals surface area contributed by atoms with Crippen LogP contribution in [-0.4, -0.2) is 15.0 Å². The second-order valence-electron chi connectivity index (χ2n) is 2.92. The van der Waals surface area contributed by atoms with Gasteiger partial charge in [0.1, 0.15) is 5.75 Å². The average molecular weight is 237 g/mol. The maximum atomic E-state index is 10.6. The average Bonchev–Trinajstić information content (AvgIpc) is 2.73. The van der Waals surface area contributed by atoms with Gasteiger partial charge in [-0.2, -0.15) is 0 Å². The maximum Gasteiger partial charge on any atom is 0.271 e. The third-order valence-electron chi connectivity index (χ3n) is 1.86. The molecule has 0 aliphatic rings. The Hall–Kier alpha value is -2.15. The summed E-state index contributed by atoms with van der Waals surface area (Å²) in [6.45, 7) is 0. The third kappa shape index (κ3) is 2.09. The Bertz CT molecular complexity index is 513. The molecule has 0 atom stereocenters. The van der Waals surface area contributed by atoms with Crippen LogP contribution in [0.5, 0.6) is 5.75 Å². The number of thiazole rings is 1. The maximum absolute atomic E-state index is 10.6. The first-order chi connectivity index (χ1) is 7.66. The third-order valence-corrected chi connectivity index (χ3v) is 2.55. The summed E-state index contributed by atoms with van der Waals surface area (Å²) in [5.41, 5.74) is 0.181. The molecule has 0 unspecified atom stereocenters. The van der Waals surface area contributed by atoms with Gasteiger partial charge in [-0.15, -0.1) is 11.3 Å². The molecule has 2 N–H and O–H groups in total. The van der Waals surface area contributed by atoms with Gasteiger partial charge < -0.3 is 10.4 Å². The largest absolute Gasteiger partial charge is 0.506 e. The predicted molar refractivity (Wildman–Crippen MR) is 60.2 cm³/mol. The zero-order chi connectivity index (χ0) is 11.5. The molecule has 2 aromatic rings. The summed E-state index contributed by atoms with van der Waals surface area (Å²) >= 11 is 1.34. The van der Waals surface area contributed by atoms with Crippen LogP contribution in [0.15, 0.2) is 29.8 Å². The Kier molecular flexibility index (Phi) is 2.69. The summed E-state index contributed by atoms with van der Waals surface area (Å²) in [6, 6.07) is 3.77. The molecule has 1 aromatic carbocycles. The van der Waals surface area contributed by atoms with Gasteiger partial charge in [-0.1, -0.05) is 0 Å². The van der Waals surface area contributed by atoms with Crippen LogP contribution in [0.1, 0.15) is 0 Å². The Morgan fingerprint density at radius 3 is 2.94 bits per heavy atom. The number of hydrogen-bond donors (Lipinski definition) is 2. The molecule has 0 saturated carbocycles. The molecule has 2 rings (SSSR count). The fourth-order valence-corrected chi connectivity index (χ4v) is 1.68. The molecule has 0 amide bonds. The molecular formula is C9H7N3O3S. The summed E-state index contributed by atoms with van der Waals surface area (Å²) in [4.78, 5) is 14.0. The highest BCUT2D eigenvalue weighted by Crippen LogP contribution is 2.30. The lowest BCUT2D eigenvalue weighted by atomic mass is 10.2. The van der Waals surface area contributed by atoms with Gasteiger partial charge in [0, 0.05) is 23.7 Å². The highest BCUT2D eigenvalue weighted by Gasteiger charge is 2.10. The predicted octanol–water partition coefficient (Wildman–Crippen LogP) is 2.50. The van der Waals surface area contributed by atoms with Crippen LogP contribution < -0.4 is 5.32 Å². The number of nitrogens with zero attached hydrogens (tertiary/aromatic N) is 2. The van der Waals surface area contributed by atoms with E-state index in [0.717, 1.165) is 0 Å². The molecule has 0 fully saturated rings. The smallest absolute Gasteiger partial charge is 0.271 e. The van der Waals surface area contributed by atoms with Gasteiger partial charge in [-0.05, 0) is 6.07 Å². The molecule has 0 aliphatic heterocycles. The highest BCUT2D eigenvalue weighted by atomic mass is 32.1. The van der Waals surface area contributed by atoms with Gasteiger partial charge in [0.05, 0.1) is 10.6 Å². The van der Waals surface area contributed by atoms with Crippen LogP contribution in [0.3, 0.4) is 0 Å². The number of nitrogens with one attached hydrogen (secondary N) is 1. The number of benzene rings is 1. The Morgan fingerprint density at radius 2 is 2.31 bits per heavy atom. The van der Waals surface area contributed by atoms with Crippen molar-refractivity contribution in [2.75, 3.05) is 5.32 Å². The summed E-state index contributed by atoms with van der Waals surface area (Å²) in [6.07, 6.45) is 1.60. The lowest BCUT2D eigenvalue weighted by Crippen LogP contribution is -1.93. The molecule has 1 heterocycles. The lowest BCUT2D eigenvalue weighted by molar-refractivity contribution is -0.384. The minimum Gasteiger partial charge on any atom is -0.506 e. The first-order valence-electron chi connectivity index (χ1n) is 4.31. The molecular weight excluding hydrogens is 230 g/mol. The Morgan fingerprint density at radius 1 is 1.50 bits per heavy atom. The van der Waals surface area contributed by atoms with E-state index in [4.69, 9.17) is 0 Å². The van der Waals surface area contributed by atoms with E-state index in [1.54, 1.807) is 11.6 Å². The van der Waals surface area contributed by atoms with Crippen LogP contribution in [0.25, 0.3) is 0 Å². The summed E-state index contributed by atoms with van der Waals surface area (Å²) in [5, 5.41) is 25.2. The Labute approximate surface area is 94.3 Å². The molecule has 0 spiro atoms. The number of aromatic hydroxyl groups is 1. The van der Waals surface area contributed by atoms with Gasteiger partial charge in [0.15, 0.2) is 5.13 Å². The van der Waals surface area contributed by atoms with Crippen LogP contribution in [0.4, 0.5) is 16.5 Å². The van der Waals surface area contributed by atoms with Crippen molar-refractivity contribution in [3.8, 4) is 5.75 Å². The van der Waals surface area contributed by atoms with Gasteiger partial charge in [0.25, 0.3) is 5.69 Å². The summed E-state index contributed by atoms with van der Waals surface area (Å²) in [5.74, 6) is -0.0548. The molecule has 0 bridgehead atoms. The molecule has 0 saturated heterocycles. The van der Waals surface area contributed by atoms with E-state index in [1.807, 2.05) is 0 Å². The van der Waals surface area contributed by atoms with Crippen molar-refractivity contribution in [2.45, 2.75) is 0 Å². The van der Waals surface area contributed by atoms with Crippen LogP contribution in [0.2, 0.25) is 0 Å². The number of non-ortho nitro benzene ring substituents is 1. The topological polar surface area (TPSA) is 88.3 Å². The summed E-state index contributed by atoms with van der Waals surface area (Å²) in [7, 11) is 0. The first kappa shape index (κ1) is 10.4. The second kappa shape index (κ2) is 4.15. The van der Waals surface area contributed by atoms with E-state index in [-0.39, 0.29) is 17.1 Å². The minimum atomic E-state index is -0.521. The van der Waals surface area contributed by atoms with Crippen molar-refractivity contribution in [3.05, 3.63) is 39.9 Å². The zero-order valence-corrected chi connectivity index (χ0v) is 8.77. The van der Waals surface area contributed by atoms with Gasteiger partial charge in [-0.25, -0.2) is 4.98 Å². The van der Waals surface area contributed by atoms with Crippen molar-refractivity contribution in [3.63, 3.8) is 0 Å². The van der Waals surface area contributed by atoms with E-state index in [1.165, 1.54) is 29.5 Å².